The van der Waals surface area contributed by atoms with E-state index < -0.39 is 0 Å². The lowest BCUT2D eigenvalue weighted by Crippen LogP contribution is -2.28. The van der Waals surface area contributed by atoms with Gasteiger partial charge in [-0.2, -0.15) is 0 Å². The average Bonchev–Trinajstić information content (AvgIpc) is 3.04. The standard InChI is InChI=1S/C16H14BrN3O2S/c1-3-20-15(21)12(9-11-7-8-13(17)22-11)23-16(20)19-14-6-4-5-10(2)18-14/h4-9H,3H2,1-2H3/b12-9+,19-16+. The third-order valence-electron chi connectivity index (χ3n) is 3.16. The summed E-state index contributed by atoms with van der Waals surface area (Å²) in [4.78, 5) is 23.6. The monoisotopic (exact) mass is 391 g/mol. The van der Waals surface area contributed by atoms with Crippen molar-refractivity contribution in [1.29, 1.82) is 0 Å². The lowest BCUT2D eigenvalue weighted by atomic mass is 10.3. The summed E-state index contributed by atoms with van der Waals surface area (Å²) < 4.78 is 6.07. The first-order valence-electron chi connectivity index (χ1n) is 7.06. The van der Waals surface area contributed by atoms with Gasteiger partial charge in [-0.25, -0.2) is 9.98 Å². The van der Waals surface area contributed by atoms with Gasteiger partial charge >= 0.3 is 0 Å². The van der Waals surface area contributed by atoms with E-state index in [1.165, 1.54) is 11.8 Å². The molecule has 0 saturated carbocycles. The number of amidine groups is 1. The Labute approximate surface area is 146 Å². The van der Waals surface area contributed by atoms with E-state index in [2.05, 4.69) is 25.9 Å². The van der Waals surface area contributed by atoms with Gasteiger partial charge in [0.2, 0.25) is 0 Å². The molecule has 0 radical (unpaired) electrons. The molecule has 1 amide bonds. The second-order valence-electron chi connectivity index (χ2n) is 4.83. The second-order valence-corrected chi connectivity index (χ2v) is 6.62. The minimum atomic E-state index is -0.0728. The van der Waals surface area contributed by atoms with Crippen molar-refractivity contribution in [2.75, 3.05) is 6.54 Å². The Kier molecular flexibility index (Phi) is 4.68. The van der Waals surface area contributed by atoms with Crippen molar-refractivity contribution >= 4 is 50.7 Å². The molecule has 2 aromatic rings. The number of amides is 1. The van der Waals surface area contributed by atoms with E-state index in [0.29, 0.717) is 32.9 Å². The van der Waals surface area contributed by atoms with Crippen molar-refractivity contribution < 1.29 is 9.21 Å². The number of aliphatic imine (C=N–C) groups is 1. The Balaban J connectivity index is 1.93. The normalized spacial score (nSPS) is 18.4. The Morgan fingerprint density at radius 3 is 2.87 bits per heavy atom. The highest BCUT2D eigenvalue weighted by molar-refractivity contribution is 9.10. The molecule has 1 saturated heterocycles. The predicted molar refractivity (Wildman–Crippen MR) is 95.4 cm³/mol. The van der Waals surface area contributed by atoms with Crippen LogP contribution in [-0.4, -0.2) is 27.5 Å². The van der Waals surface area contributed by atoms with Gasteiger partial charge in [0, 0.05) is 18.3 Å². The molecule has 0 bridgehead atoms. The topological polar surface area (TPSA) is 58.7 Å². The molecule has 0 spiro atoms. The molecule has 1 aliphatic rings. The lowest BCUT2D eigenvalue weighted by molar-refractivity contribution is -0.122. The number of carbonyl (C=O) groups is 1. The van der Waals surface area contributed by atoms with Crippen LogP contribution >= 0.6 is 27.7 Å². The molecule has 1 aliphatic heterocycles. The minimum Gasteiger partial charge on any atom is -0.450 e. The molecule has 1 fully saturated rings. The number of thioether (sulfide) groups is 1. The number of rotatable bonds is 3. The highest BCUT2D eigenvalue weighted by Gasteiger charge is 2.32. The van der Waals surface area contributed by atoms with E-state index in [1.807, 2.05) is 32.0 Å². The summed E-state index contributed by atoms with van der Waals surface area (Å²) >= 11 is 4.58. The van der Waals surface area contributed by atoms with Crippen molar-refractivity contribution in [3.05, 3.63) is 51.4 Å². The summed E-state index contributed by atoms with van der Waals surface area (Å²) in [5, 5.41) is 0.632. The Morgan fingerprint density at radius 1 is 1.39 bits per heavy atom. The molecule has 5 nitrogen and oxygen atoms in total. The van der Waals surface area contributed by atoms with Gasteiger partial charge in [0.05, 0.1) is 4.91 Å². The highest BCUT2D eigenvalue weighted by atomic mass is 79.9. The quantitative estimate of drug-likeness (QED) is 0.728. The number of hydrogen-bond acceptors (Lipinski definition) is 5. The lowest BCUT2D eigenvalue weighted by Gasteiger charge is -2.11. The van der Waals surface area contributed by atoms with Crippen molar-refractivity contribution in [2.24, 2.45) is 4.99 Å². The summed E-state index contributed by atoms with van der Waals surface area (Å²) in [5.41, 5.74) is 0.889. The van der Waals surface area contributed by atoms with Crippen LogP contribution in [0.15, 0.2) is 49.3 Å². The summed E-state index contributed by atoms with van der Waals surface area (Å²) in [6.45, 7) is 4.38. The van der Waals surface area contributed by atoms with E-state index >= 15 is 0 Å². The number of pyridine rings is 1. The Bertz CT molecular complexity index is 813. The van der Waals surface area contributed by atoms with E-state index in [0.717, 1.165) is 5.69 Å². The van der Waals surface area contributed by atoms with E-state index in [9.17, 15) is 4.79 Å². The van der Waals surface area contributed by atoms with Gasteiger partial charge in [-0.05, 0) is 65.8 Å². The third-order valence-corrected chi connectivity index (χ3v) is 4.59. The van der Waals surface area contributed by atoms with E-state index in [-0.39, 0.29) is 5.91 Å². The van der Waals surface area contributed by atoms with Gasteiger partial charge in [0.25, 0.3) is 5.91 Å². The molecule has 0 unspecified atom stereocenters. The van der Waals surface area contributed by atoms with Gasteiger partial charge in [-0.3, -0.25) is 9.69 Å². The van der Waals surface area contributed by atoms with Crippen molar-refractivity contribution in [2.45, 2.75) is 13.8 Å². The number of hydrogen-bond donors (Lipinski definition) is 0. The van der Waals surface area contributed by atoms with E-state index in [4.69, 9.17) is 4.42 Å². The molecule has 0 aliphatic carbocycles. The SMILES string of the molecule is CCN1C(=O)/C(=C\c2ccc(Br)o2)S/C1=N/c1cccc(C)n1. The Hall–Kier alpha value is -1.86. The maximum absolute atomic E-state index is 12.5. The van der Waals surface area contributed by atoms with Crippen LogP contribution in [0.25, 0.3) is 6.08 Å². The molecule has 0 aromatic carbocycles. The van der Waals surface area contributed by atoms with Crippen molar-refractivity contribution in [3.63, 3.8) is 0 Å². The zero-order valence-electron chi connectivity index (χ0n) is 12.6. The Morgan fingerprint density at radius 2 is 2.22 bits per heavy atom. The fraction of sp³-hybridized carbons (Fsp3) is 0.188. The number of carbonyl (C=O) groups excluding carboxylic acids is 1. The predicted octanol–water partition coefficient (Wildman–Crippen LogP) is 4.37. The molecule has 7 heteroatoms. The molecular weight excluding hydrogens is 378 g/mol. The zero-order valence-corrected chi connectivity index (χ0v) is 15.0. The molecule has 118 valence electrons. The molecule has 2 aromatic heterocycles. The van der Waals surface area contributed by atoms with Gasteiger partial charge in [-0.15, -0.1) is 0 Å². The van der Waals surface area contributed by atoms with Gasteiger partial charge in [0.1, 0.15) is 5.76 Å². The summed E-state index contributed by atoms with van der Waals surface area (Å²) in [6.07, 6.45) is 1.73. The van der Waals surface area contributed by atoms with Crippen LogP contribution in [0.5, 0.6) is 0 Å². The first-order valence-corrected chi connectivity index (χ1v) is 8.67. The number of likely N-dealkylation sites (N-methyl/N-ethyl adjacent to an activating group) is 1. The molecule has 0 N–H and O–H groups in total. The summed E-state index contributed by atoms with van der Waals surface area (Å²) in [5.74, 6) is 1.15. The number of aryl methyl sites for hydroxylation is 1. The van der Waals surface area contributed by atoms with Crippen LogP contribution in [0.4, 0.5) is 5.82 Å². The summed E-state index contributed by atoms with van der Waals surface area (Å²) in [6, 6.07) is 9.23. The van der Waals surface area contributed by atoms with Crippen LogP contribution in [-0.2, 0) is 4.79 Å². The smallest absolute Gasteiger partial charge is 0.266 e. The largest absolute Gasteiger partial charge is 0.450 e. The van der Waals surface area contributed by atoms with Gasteiger partial charge in [-0.1, -0.05) is 6.07 Å². The molecule has 0 atom stereocenters. The third kappa shape index (κ3) is 3.56. The fourth-order valence-corrected chi connectivity index (χ4v) is 3.44. The van der Waals surface area contributed by atoms with Crippen LogP contribution in [0, 0.1) is 6.92 Å². The first kappa shape index (κ1) is 16.0. The molecule has 3 heterocycles. The zero-order chi connectivity index (χ0) is 16.4. The van der Waals surface area contributed by atoms with Crippen LogP contribution in [0.1, 0.15) is 18.4 Å². The molecule has 3 rings (SSSR count). The second kappa shape index (κ2) is 6.72. The van der Waals surface area contributed by atoms with Crippen molar-refractivity contribution in [1.82, 2.24) is 9.88 Å². The molecule has 23 heavy (non-hydrogen) atoms. The maximum atomic E-state index is 12.5. The number of furan rings is 1. The van der Waals surface area contributed by atoms with E-state index in [1.54, 1.807) is 23.1 Å². The van der Waals surface area contributed by atoms with Gasteiger partial charge in [0.15, 0.2) is 15.7 Å². The van der Waals surface area contributed by atoms with Crippen LogP contribution in [0.2, 0.25) is 0 Å². The van der Waals surface area contributed by atoms with Crippen molar-refractivity contribution in [3.8, 4) is 0 Å². The van der Waals surface area contributed by atoms with Gasteiger partial charge < -0.3 is 4.42 Å². The maximum Gasteiger partial charge on any atom is 0.266 e. The number of nitrogens with zero attached hydrogens (tertiary/aromatic N) is 3. The summed E-state index contributed by atoms with van der Waals surface area (Å²) in [7, 11) is 0. The van der Waals surface area contributed by atoms with Crippen LogP contribution in [0.3, 0.4) is 0 Å². The first-order chi connectivity index (χ1) is 11.1. The fourth-order valence-electron chi connectivity index (χ4n) is 2.09. The minimum absolute atomic E-state index is 0.0728. The molecular formula is C16H14BrN3O2S. The van der Waals surface area contributed by atoms with Crippen LogP contribution < -0.4 is 0 Å². The average molecular weight is 392 g/mol. The number of halogens is 1. The number of aromatic nitrogens is 1. The highest BCUT2D eigenvalue weighted by Crippen LogP contribution is 2.34.